The molecule has 1 saturated carbocycles. The maximum Gasteiger partial charge on any atom is 0.0506 e. The van der Waals surface area contributed by atoms with Crippen LogP contribution in [0.2, 0.25) is 0 Å². The van der Waals surface area contributed by atoms with E-state index in [-0.39, 0.29) is 6.61 Å². The van der Waals surface area contributed by atoms with Gasteiger partial charge in [-0.25, -0.2) is 0 Å². The van der Waals surface area contributed by atoms with Crippen LogP contribution in [0.5, 0.6) is 0 Å². The second-order valence-corrected chi connectivity index (χ2v) is 1.14. The van der Waals surface area contributed by atoms with Gasteiger partial charge in [0.25, 0.3) is 0 Å². The number of hydrogen-bond acceptors (Lipinski definition) is 1. The first-order chi connectivity index (χ1) is 3.43. The minimum absolute atomic E-state index is 0.0139. The molecule has 7 heavy (non-hydrogen) atoms. The van der Waals surface area contributed by atoms with E-state index in [0.29, 0.717) is 5.92 Å². The summed E-state index contributed by atoms with van der Waals surface area (Å²) in [6, 6.07) is 0. The topological polar surface area (TPSA) is 20.2 Å². The number of rotatable bonds is 1. The van der Waals surface area contributed by atoms with E-state index in [1.54, 1.807) is 0 Å². The van der Waals surface area contributed by atoms with E-state index in [4.69, 9.17) is 5.11 Å². The minimum Gasteiger partial charge on any atom is -0.396 e. The lowest BCUT2D eigenvalue weighted by Gasteiger charge is -1.95. The molecule has 1 fully saturated rings. The lowest BCUT2D eigenvalue weighted by molar-refractivity contribution is 0.318. The lowest BCUT2D eigenvalue weighted by atomic mass is 10.1. The van der Waals surface area contributed by atoms with Crippen LogP contribution in [0.25, 0.3) is 0 Å². The Labute approximate surface area is 44.4 Å². The first-order valence-corrected chi connectivity index (χ1v) is 1.92. The molecule has 0 saturated heterocycles. The molecule has 0 heterocycles. The Morgan fingerprint density at radius 2 is 1.86 bits per heavy atom. The highest BCUT2D eigenvalue weighted by molar-refractivity contribution is 5.35. The predicted octanol–water partition coefficient (Wildman–Crippen LogP) is -0.108. The quantitative estimate of drug-likeness (QED) is 0.477. The summed E-state index contributed by atoms with van der Waals surface area (Å²) < 4.78 is 0. The zero-order valence-electron chi connectivity index (χ0n) is 3.65. The molecule has 0 unspecified atom stereocenters. The largest absolute Gasteiger partial charge is 0.396 e. The first-order valence-electron chi connectivity index (χ1n) is 1.92. The van der Waals surface area contributed by atoms with Crippen molar-refractivity contribution in [2.45, 2.75) is 0 Å². The van der Waals surface area contributed by atoms with Crippen LogP contribution in [0.3, 0.4) is 0 Å². The molecule has 0 bridgehead atoms. The Bertz CT molecular complexity index is 46.1. The van der Waals surface area contributed by atoms with Crippen molar-refractivity contribution in [3.8, 4) is 0 Å². The van der Waals surface area contributed by atoms with Crippen LogP contribution in [0.1, 0.15) is 0 Å². The van der Waals surface area contributed by atoms with Gasteiger partial charge in [0.05, 0.1) is 6.61 Å². The summed E-state index contributed by atoms with van der Waals surface area (Å²) >= 11 is 0. The molecule has 0 spiro atoms. The van der Waals surface area contributed by atoms with Crippen molar-refractivity contribution in [2.75, 3.05) is 6.61 Å². The van der Waals surface area contributed by atoms with Crippen LogP contribution in [-0.2, 0) is 0 Å². The molecule has 0 atom stereocenters. The van der Waals surface area contributed by atoms with Crippen molar-refractivity contribution in [1.82, 2.24) is 0 Å². The molecule has 0 aliphatic heterocycles. The third-order valence-corrected chi connectivity index (χ3v) is 0.647. The van der Waals surface area contributed by atoms with E-state index >= 15 is 0 Å². The second kappa shape index (κ2) is 2.31. The van der Waals surface area contributed by atoms with Crippen molar-refractivity contribution >= 4 is 0 Å². The molecule has 0 aromatic heterocycles. The summed E-state index contributed by atoms with van der Waals surface area (Å²) in [5.41, 5.74) is 0. The van der Waals surface area contributed by atoms with Crippen molar-refractivity contribution in [3.63, 3.8) is 0 Å². The molecule has 1 nitrogen and oxygen atoms in total. The van der Waals surface area contributed by atoms with Crippen LogP contribution in [0, 0.1) is 31.6 Å². The summed E-state index contributed by atoms with van der Waals surface area (Å²) in [5.74, 6) is 0.625. The molecule has 9 radical (unpaired) electrons. The van der Waals surface area contributed by atoms with Gasteiger partial charge in [-0.1, -0.05) is 0 Å². The van der Waals surface area contributed by atoms with Crippen molar-refractivity contribution in [3.05, 3.63) is 31.6 Å². The smallest absolute Gasteiger partial charge is 0.0506 e. The second-order valence-electron chi connectivity index (χ2n) is 1.14. The monoisotopic (exact) mass is 91.0 g/mol. The molecule has 0 aromatic rings. The van der Waals surface area contributed by atoms with Gasteiger partial charge in [-0.05, 0) is 0 Å². The number of aliphatic hydroxyl groups excluding tert-OH is 1. The molecule has 33 valence electrons. The molecule has 0 amide bonds. The molecule has 1 aliphatic carbocycles. The highest BCUT2D eigenvalue weighted by Gasteiger charge is 2.16. The van der Waals surface area contributed by atoms with Crippen LogP contribution in [0.15, 0.2) is 0 Å². The molecule has 1 heteroatoms. The molecule has 1 N–H and O–H groups in total. The Balaban J connectivity index is 2.14. The zero-order chi connectivity index (χ0) is 5.11. The van der Waals surface area contributed by atoms with Gasteiger partial charge >= 0.3 is 0 Å². The fourth-order valence-electron chi connectivity index (χ4n) is 0.324. The Kier molecular flexibility index (Phi) is 1.69. The summed E-state index contributed by atoms with van der Waals surface area (Å²) in [4.78, 5) is 0. The maximum atomic E-state index is 8.32. The first kappa shape index (κ1) is 5.10. The zero-order valence-corrected chi connectivity index (χ0v) is 3.65. The highest BCUT2D eigenvalue weighted by atomic mass is 16.3. The van der Waals surface area contributed by atoms with E-state index in [2.05, 4.69) is 25.7 Å². The standard InChI is InChI=1S/C6H3O/c7-5-6-3-1-2-4-6/h7H,5H2. The molecular formula is C6H3O. The van der Waals surface area contributed by atoms with Gasteiger partial charge in [0.1, 0.15) is 0 Å². The van der Waals surface area contributed by atoms with Crippen molar-refractivity contribution in [1.29, 1.82) is 0 Å². The SMILES string of the molecule is OC[C]1[C][C][C][C]1. The van der Waals surface area contributed by atoms with Gasteiger partial charge in [-0.15, -0.1) is 0 Å². The molecule has 1 rings (SSSR count). The van der Waals surface area contributed by atoms with Crippen LogP contribution < -0.4 is 0 Å². The van der Waals surface area contributed by atoms with Gasteiger partial charge in [0, 0.05) is 31.6 Å². The minimum atomic E-state index is -0.0139. The number of aliphatic hydroxyl groups is 1. The normalized spacial score (nSPS) is 23.6. The van der Waals surface area contributed by atoms with Crippen LogP contribution in [-0.4, -0.2) is 11.7 Å². The molecule has 0 aromatic carbocycles. The van der Waals surface area contributed by atoms with Gasteiger partial charge in [0.15, 0.2) is 0 Å². The van der Waals surface area contributed by atoms with E-state index in [1.807, 2.05) is 0 Å². The summed E-state index contributed by atoms with van der Waals surface area (Å²) in [6.45, 7) is -0.0139. The third kappa shape index (κ3) is 1.16. The fourth-order valence-corrected chi connectivity index (χ4v) is 0.324. The average Bonchev–Trinajstić information content (AvgIpc) is 2.14. The molecular weight excluding hydrogens is 88.1 g/mol. The van der Waals surface area contributed by atoms with Gasteiger partial charge in [0.2, 0.25) is 0 Å². The maximum absolute atomic E-state index is 8.32. The summed E-state index contributed by atoms with van der Waals surface area (Å²) in [6.07, 6.45) is 10.2. The third-order valence-electron chi connectivity index (χ3n) is 0.647. The highest BCUT2D eigenvalue weighted by Crippen LogP contribution is 2.21. The molecule has 1 aliphatic rings. The van der Waals surface area contributed by atoms with Crippen LogP contribution in [0.4, 0.5) is 0 Å². The predicted molar refractivity (Wildman–Crippen MR) is 23.3 cm³/mol. The Morgan fingerprint density at radius 3 is 2.14 bits per heavy atom. The summed E-state index contributed by atoms with van der Waals surface area (Å²) in [5, 5.41) is 8.32. The van der Waals surface area contributed by atoms with Crippen LogP contribution >= 0.6 is 0 Å². The average molecular weight is 91.1 g/mol. The van der Waals surface area contributed by atoms with Gasteiger partial charge < -0.3 is 5.11 Å². The number of hydrogen-bond donors (Lipinski definition) is 1. The Hall–Kier alpha value is -0.0400. The Morgan fingerprint density at radius 1 is 1.29 bits per heavy atom. The van der Waals surface area contributed by atoms with Crippen molar-refractivity contribution < 1.29 is 5.11 Å². The van der Waals surface area contributed by atoms with Gasteiger partial charge in [-0.3, -0.25) is 0 Å². The lowest BCUT2D eigenvalue weighted by Crippen LogP contribution is -1.96. The van der Waals surface area contributed by atoms with Gasteiger partial charge in [-0.2, -0.15) is 0 Å². The van der Waals surface area contributed by atoms with E-state index in [1.165, 1.54) is 0 Å². The van der Waals surface area contributed by atoms with E-state index < -0.39 is 0 Å². The van der Waals surface area contributed by atoms with E-state index in [9.17, 15) is 0 Å². The summed E-state index contributed by atoms with van der Waals surface area (Å²) in [7, 11) is 0. The van der Waals surface area contributed by atoms with E-state index in [0.717, 1.165) is 0 Å². The van der Waals surface area contributed by atoms with Crippen molar-refractivity contribution in [2.24, 2.45) is 0 Å². The fraction of sp³-hybridized carbons (Fsp3) is 0.167.